The Morgan fingerprint density at radius 3 is 2.46 bits per heavy atom. The average Bonchev–Trinajstić information content (AvgIpc) is 3.19. The second kappa shape index (κ2) is 11.6. The van der Waals surface area contributed by atoms with Crippen molar-refractivity contribution in [1.29, 1.82) is 0 Å². The molecule has 0 spiro atoms. The zero-order chi connectivity index (χ0) is 21.0. The number of allylic oxidation sites excluding steroid dienone is 2. The summed E-state index contributed by atoms with van der Waals surface area (Å²) in [6, 6.07) is 0. The van der Waals surface area contributed by atoms with Crippen LogP contribution in [0.15, 0.2) is 46.3 Å². The van der Waals surface area contributed by atoms with Crippen LogP contribution in [0.1, 0.15) is 33.1 Å². The molecule has 0 amide bonds. The van der Waals surface area contributed by atoms with E-state index in [1.807, 2.05) is 50.9 Å². The van der Waals surface area contributed by atoms with E-state index in [0.29, 0.717) is 12.5 Å². The summed E-state index contributed by atoms with van der Waals surface area (Å²) in [5.41, 5.74) is 0.237. The van der Waals surface area contributed by atoms with Crippen LogP contribution in [0.2, 0.25) is 0 Å². The molecule has 0 saturated carbocycles. The summed E-state index contributed by atoms with van der Waals surface area (Å²) in [4.78, 5) is 17.3. The summed E-state index contributed by atoms with van der Waals surface area (Å²) in [7, 11) is 1.81. The molecule has 0 unspecified atom stereocenters. The van der Waals surface area contributed by atoms with Gasteiger partial charge in [-0.2, -0.15) is 18.2 Å². The van der Waals surface area contributed by atoms with E-state index >= 15 is 0 Å². The molecule has 0 aliphatic rings. The van der Waals surface area contributed by atoms with E-state index in [-0.39, 0.29) is 11.4 Å². The molecule has 0 aliphatic heterocycles. The van der Waals surface area contributed by atoms with Crippen molar-refractivity contribution < 1.29 is 17.7 Å². The first-order valence-electron chi connectivity index (χ1n) is 8.65. The molecule has 0 radical (unpaired) electrons. The molecular formula is C18H23F3N6O. The number of nitrogens with zero attached hydrogens (tertiary/aromatic N) is 6. The minimum atomic E-state index is -4.68. The molecule has 2 rings (SSSR count). The number of aliphatic imine (C=N–C) groups is 1. The Bertz CT molecular complexity index is 781. The maximum atomic E-state index is 12.5. The molecule has 7 nitrogen and oxygen atoms in total. The topological polar surface area (TPSA) is 80.3 Å². The van der Waals surface area contributed by atoms with Crippen molar-refractivity contribution in [2.24, 2.45) is 4.99 Å². The zero-order valence-electron chi connectivity index (χ0n) is 16.2. The number of rotatable bonds is 7. The third kappa shape index (κ3) is 7.29. The van der Waals surface area contributed by atoms with Gasteiger partial charge in [-0.15, -0.1) is 0 Å². The minimum absolute atomic E-state index is 0.213. The first-order valence-corrected chi connectivity index (χ1v) is 8.65. The van der Waals surface area contributed by atoms with Crippen LogP contribution in [0.5, 0.6) is 0 Å². The van der Waals surface area contributed by atoms with Crippen LogP contribution in [-0.4, -0.2) is 39.9 Å². The predicted molar refractivity (Wildman–Crippen MR) is 102 cm³/mol. The van der Waals surface area contributed by atoms with Crippen molar-refractivity contribution >= 4 is 12.2 Å². The molecule has 152 valence electrons. The van der Waals surface area contributed by atoms with Gasteiger partial charge >= 0.3 is 12.1 Å². The lowest BCUT2D eigenvalue weighted by molar-refractivity contribution is -0.159. The van der Waals surface area contributed by atoms with Gasteiger partial charge in [0.2, 0.25) is 11.8 Å². The molecule has 2 aromatic heterocycles. The summed E-state index contributed by atoms with van der Waals surface area (Å²) in [5, 5.41) is 3.29. The standard InChI is InChI=1S/C16H17F3N6O.C2H6/c1-3-7-20-8-5-4-6-9-25(2)15-21-10-12(11-22-15)13-23-14(26-24-13)16(17,18)19;1-2/h3-5,7-8,10-11H,6,9H2,1-2H3;1-2H3/b5-4+,7-3-,20-8-;. The number of halogens is 3. The van der Waals surface area contributed by atoms with E-state index in [4.69, 9.17) is 0 Å². The van der Waals surface area contributed by atoms with E-state index in [9.17, 15) is 13.2 Å². The summed E-state index contributed by atoms with van der Waals surface area (Å²) < 4.78 is 41.6. The van der Waals surface area contributed by atoms with Crippen molar-refractivity contribution in [2.45, 2.75) is 33.4 Å². The minimum Gasteiger partial charge on any atom is -0.344 e. The fourth-order valence-electron chi connectivity index (χ4n) is 1.80. The molecule has 28 heavy (non-hydrogen) atoms. The van der Waals surface area contributed by atoms with Crippen LogP contribution >= 0.6 is 0 Å². The Labute approximate surface area is 161 Å². The molecule has 0 aromatic carbocycles. The Hall–Kier alpha value is -3.04. The van der Waals surface area contributed by atoms with Gasteiger partial charge in [0, 0.05) is 38.4 Å². The van der Waals surface area contributed by atoms with Gasteiger partial charge in [0.05, 0.1) is 5.56 Å². The van der Waals surface area contributed by atoms with E-state index in [1.165, 1.54) is 12.4 Å². The maximum absolute atomic E-state index is 12.5. The third-order valence-electron chi connectivity index (χ3n) is 3.08. The van der Waals surface area contributed by atoms with Gasteiger partial charge in [-0.1, -0.05) is 31.2 Å². The van der Waals surface area contributed by atoms with Crippen LogP contribution in [-0.2, 0) is 6.18 Å². The van der Waals surface area contributed by atoms with E-state index in [0.717, 1.165) is 6.42 Å². The van der Waals surface area contributed by atoms with Gasteiger partial charge in [-0.3, -0.25) is 4.99 Å². The van der Waals surface area contributed by atoms with Gasteiger partial charge in [0.15, 0.2) is 0 Å². The lowest BCUT2D eigenvalue weighted by Gasteiger charge is -2.15. The van der Waals surface area contributed by atoms with Gasteiger partial charge in [-0.05, 0) is 19.4 Å². The van der Waals surface area contributed by atoms with E-state index in [1.54, 1.807) is 12.4 Å². The molecule has 10 heteroatoms. The Morgan fingerprint density at radius 2 is 1.89 bits per heavy atom. The highest BCUT2D eigenvalue weighted by Crippen LogP contribution is 2.29. The summed E-state index contributed by atoms with van der Waals surface area (Å²) in [6.45, 7) is 6.54. The lowest BCUT2D eigenvalue weighted by atomic mass is 10.3. The first kappa shape index (κ1) is 23.0. The Balaban J connectivity index is 0.00000190. The first-order chi connectivity index (χ1) is 13.4. The molecule has 0 atom stereocenters. The number of hydrogen-bond donors (Lipinski definition) is 0. The summed E-state index contributed by atoms with van der Waals surface area (Å²) >= 11 is 0. The monoisotopic (exact) mass is 396 g/mol. The molecule has 0 N–H and O–H groups in total. The van der Waals surface area contributed by atoms with Crippen LogP contribution in [0.3, 0.4) is 0 Å². The maximum Gasteiger partial charge on any atom is 0.471 e. The summed E-state index contributed by atoms with van der Waals surface area (Å²) in [5.74, 6) is -1.18. The van der Waals surface area contributed by atoms with Crippen LogP contribution in [0.4, 0.5) is 19.1 Å². The number of anilines is 1. The highest BCUT2D eigenvalue weighted by Gasteiger charge is 2.38. The fraction of sp³-hybridized carbons (Fsp3) is 0.389. The molecule has 2 heterocycles. The zero-order valence-corrected chi connectivity index (χ0v) is 16.2. The SMILES string of the molecule is CC.C\C=C/N=C\C=C\CCN(C)c1ncc(-c2noc(C(F)(F)F)n2)cn1. The third-order valence-corrected chi connectivity index (χ3v) is 3.08. The molecule has 0 saturated heterocycles. The summed E-state index contributed by atoms with van der Waals surface area (Å²) in [6.07, 6.45) is 7.77. The molecule has 0 fully saturated rings. The van der Waals surface area contributed by atoms with Crippen molar-refractivity contribution in [2.75, 3.05) is 18.5 Å². The fourth-order valence-corrected chi connectivity index (χ4v) is 1.80. The van der Waals surface area contributed by atoms with Crippen molar-refractivity contribution in [3.05, 3.63) is 42.7 Å². The largest absolute Gasteiger partial charge is 0.471 e. The number of aromatic nitrogens is 4. The quantitative estimate of drug-likeness (QED) is 0.639. The average molecular weight is 396 g/mol. The van der Waals surface area contributed by atoms with Crippen LogP contribution in [0.25, 0.3) is 11.4 Å². The molecule has 0 aliphatic carbocycles. The van der Waals surface area contributed by atoms with E-state index < -0.39 is 12.1 Å². The van der Waals surface area contributed by atoms with Gasteiger partial charge in [0.1, 0.15) is 0 Å². The van der Waals surface area contributed by atoms with E-state index in [2.05, 4.69) is 29.6 Å². The smallest absolute Gasteiger partial charge is 0.344 e. The van der Waals surface area contributed by atoms with Crippen molar-refractivity contribution in [3.63, 3.8) is 0 Å². The van der Waals surface area contributed by atoms with Gasteiger partial charge < -0.3 is 9.42 Å². The van der Waals surface area contributed by atoms with Crippen LogP contribution < -0.4 is 4.90 Å². The highest BCUT2D eigenvalue weighted by molar-refractivity contribution is 5.71. The van der Waals surface area contributed by atoms with Crippen molar-refractivity contribution in [1.82, 2.24) is 20.1 Å². The Kier molecular flexibility index (Phi) is 9.55. The lowest BCUT2D eigenvalue weighted by Crippen LogP contribution is -2.20. The molecular weight excluding hydrogens is 373 g/mol. The van der Waals surface area contributed by atoms with Crippen LogP contribution in [0, 0.1) is 0 Å². The van der Waals surface area contributed by atoms with Gasteiger partial charge in [-0.25, -0.2) is 9.97 Å². The molecule has 0 bridgehead atoms. The predicted octanol–water partition coefficient (Wildman–Crippen LogP) is 4.56. The number of alkyl halides is 3. The highest BCUT2D eigenvalue weighted by atomic mass is 19.4. The van der Waals surface area contributed by atoms with Gasteiger partial charge in [0.25, 0.3) is 0 Å². The second-order valence-electron chi connectivity index (χ2n) is 5.11. The molecule has 2 aromatic rings. The normalized spacial score (nSPS) is 12.0. The van der Waals surface area contributed by atoms with Crippen molar-refractivity contribution in [3.8, 4) is 11.4 Å². The number of hydrogen-bond acceptors (Lipinski definition) is 7. The second-order valence-corrected chi connectivity index (χ2v) is 5.11. The Morgan fingerprint density at radius 1 is 1.21 bits per heavy atom.